The van der Waals surface area contributed by atoms with Gasteiger partial charge in [-0.3, -0.25) is 0 Å². The van der Waals surface area contributed by atoms with Crippen LogP contribution < -0.4 is 0 Å². The molecule has 1 nitrogen and oxygen atoms in total. The van der Waals surface area contributed by atoms with Crippen LogP contribution in [0.1, 0.15) is 22.0 Å². The molecule has 0 saturated heterocycles. The van der Waals surface area contributed by atoms with E-state index < -0.39 is 0 Å². The molecule has 0 heterocycles. The molecule has 0 saturated carbocycles. The smallest absolute Gasteiger partial charge is 0.0991 e. The zero-order valence-electron chi connectivity index (χ0n) is 9.52. The summed E-state index contributed by atoms with van der Waals surface area (Å²) in [6.45, 7) is 2.18. The number of alkyl halides is 1. The highest BCUT2D eigenvalue weighted by atomic mass is 127. The number of nitrogens with zero attached hydrogens (tertiary/aromatic N) is 1. The minimum atomic E-state index is 0.530. The Balaban J connectivity index is 2.30. The molecule has 0 fully saturated rings. The molecule has 1 atom stereocenters. The Bertz CT molecular complexity index is 533. The third kappa shape index (κ3) is 2.86. The molecule has 17 heavy (non-hydrogen) atoms. The first-order valence-corrected chi connectivity index (χ1v) is 6.70. The van der Waals surface area contributed by atoms with Crippen LogP contribution in [0.25, 0.3) is 11.1 Å². The van der Waals surface area contributed by atoms with Gasteiger partial charge in [0.1, 0.15) is 0 Å². The Hall–Kier alpha value is -1.34. The van der Waals surface area contributed by atoms with Gasteiger partial charge in [0.15, 0.2) is 0 Å². The van der Waals surface area contributed by atoms with Crippen LogP contribution in [0.15, 0.2) is 48.5 Å². The van der Waals surface area contributed by atoms with Gasteiger partial charge in [0.05, 0.1) is 11.6 Å². The highest BCUT2D eigenvalue weighted by Gasteiger charge is 2.01. The first kappa shape index (κ1) is 12.1. The van der Waals surface area contributed by atoms with E-state index in [1.54, 1.807) is 0 Å². The second kappa shape index (κ2) is 5.33. The quantitative estimate of drug-likeness (QED) is 0.576. The van der Waals surface area contributed by atoms with Gasteiger partial charge in [-0.15, -0.1) is 0 Å². The molecule has 0 aromatic heterocycles. The van der Waals surface area contributed by atoms with Crippen molar-refractivity contribution < 1.29 is 0 Å². The second-order valence-corrected chi connectivity index (χ2v) is 5.80. The summed E-state index contributed by atoms with van der Waals surface area (Å²) in [7, 11) is 0. The molecule has 2 heteroatoms. The number of hydrogen-bond acceptors (Lipinski definition) is 1. The van der Waals surface area contributed by atoms with E-state index in [9.17, 15) is 0 Å². The van der Waals surface area contributed by atoms with Crippen LogP contribution in [-0.2, 0) is 0 Å². The van der Waals surface area contributed by atoms with Crippen molar-refractivity contribution in [2.45, 2.75) is 10.8 Å². The maximum atomic E-state index is 8.75. The molecule has 0 N–H and O–H groups in total. The van der Waals surface area contributed by atoms with Crippen molar-refractivity contribution in [3.8, 4) is 17.2 Å². The molecule has 0 amide bonds. The first-order chi connectivity index (χ1) is 8.20. The Labute approximate surface area is 115 Å². The normalized spacial score (nSPS) is 11.8. The first-order valence-electron chi connectivity index (χ1n) is 5.45. The minimum absolute atomic E-state index is 0.530. The maximum Gasteiger partial charge on any atom is 0.0991 e. The molecule has 0 aliphatic rings. The molecule has 0 radical (unpaired) electrons. The monoisotopic (exact) mass is 333 g/mol. The third-order valence-corrected chi connectivity index (χ3v) is 3.44. The summed E-state index contributed by atoms with van der Waals surface area (Å²) in [5.74, 6) is 0. The average molecular weight is 333 g/mol. The number of nitriles is 1. The molecule has 0 aliphatic heterocycles. The molecule has 0 spiro atoms. The summed E-state index contributed by atoms with van der Waals surface area (Å²) in [6, 6.07) is 18.4. The van der Waals surface area contributed by atoms with Gasteiger partial charge in [-0.05, 0) is 35.7 Å². The Kier molecular flexibility index (Phi) is 3.80. The van der Waals surface area contributed by atoms with Gasteiger partial charge in [-0.1, -0.05) is 59.0 Å². The zero-order valence-corrected chi connectivity index (χ0v) is 11.7. The fraction of sp³-hybridized carbons (Fsp3) is 0.133. The molecule has 2 rings (SSSR count). The van der Waals surface area contributed by atoms with Crippen molar-refractivity contribution in [3.05, 3.63) is 59.7 Å². The van der Waals surface area contributed by atoms with Gasteiger partial charge in [0.2, 0.25) is 0 Å². The summed E-state index contributed by atoms with van der Waals surface area (Å²) in [4.78, 5) is 0. The lowest BCUT2D eigenvalue weighted by atomic mass is 10.0. The topological polar surface area (TPSA) is 23.8 Å². The lowest BCUT2D eigenvalue weighted by Gasteiger charge is -2.06. The van der Waals surface area contributed by atoms with Gasteiger partial charge in [-0.25, -0.2) is 0 Å². The van der Waals surface area contributed by atoms with Crippen molar-refractivity contribution >= 4 is 22.6 Å². The predicted molar refractivity (Wildman–Crippen MR) is 79.0 cm³/mol. The van der Waals surface area contributed by atoms with Crippen LogP contribution >= 0.6 is 22.6 Å². The van der Waals surface area contributed by atoms with Crippen LogP contribution in [0.4, 0.5) is 0 Å². The highest BCUT2D eigenvalue weighted by Crippen LogP contribution is 2.26. The van der Waals surface area contributed by atoms with E-state index in [1.165, 1.54) is 11.1 Å². The lowest BCUT2D eigenvalue weighted by Crippen LogP contribution is -1.84. The Morgan fingerprint density at radius 3 is 1.82 bits per heavy atom. The summed E-state index contributed by atoms with van der Waals surface area (Å²) in [6.07, 6.45) is 0. The maximum absolute atomic E-state index is 8.75. The van der Waals surface area contributed by atoms with Crippen LogP contribution in [0.2, 0.25) is 0 Å². The van der Waals surface area contributed by atoms with Gasteiger partial charge >= 0.3 is 0 Å². The van der Waals surface area contributed by atoms with E-state index in [-0.39, 0.29) is 0 Å². The van der Waals surface area contributed by atoms with Crippen LogP contribution in [-0.4, -0.2) is 0 Å². The fourth-order valence-electron chi connectivity index (χ4n) is 1.68. The van der Waals surface area contributed by atoms with E-state index in [1.807, 2.05) is 24.3 Å². The predicted octanol–water partition coefficient (Wildman–Crippen LogP) is 4.72. The number of halogens is 1. The summed E-state index contributed by atoms with van der Waals surface area (Å²) < 4.78 is 0.530. The zero-order chi connectivity index (χ0) is 12.3. The van der Waals surface area contributed by atoms with Gasteiger partial charge in [0.25, 0.3) is 0 Å². The van der Waals surface area contributed by atoms with Gasteiger partial charge < -0.3 is 0 Å². The van der Waals surface area contributed by atoms with Gasteiger partial charge in [-0.2, -0.15) is 5.26 Å². The Morgan fingerprint density at radius 1 is 0.941 bits per heavy atom. The van der Waals surface area contributed by atoms with Crippen molar-refractivity contribution in [2.24, 2.45) is 0 Å². The molecular formula is C15H12IN. The number of hydrogen-bond donors (Lipinski definition) is 0. The van der Waals surface area contributed by atoms with Gasteiger partial charge in [0, 0.05) is 3.92 Å². The van der Waals surface area contributed by atoms with E-state index in [2.05, 4.69) is 59.8 Å². The largest absolute Gasteiger partial charge is 0.192 e. The number of rotatable bonds is 2. The van der Waals surface area contributed by atoms with Crippen molar-refractivity contribution in [1.82, 2.24) is 0 Å². The van der Waals surface area contributed by atoms with E-state index in [4.69, 9.17) is 5.26 Å². The lowest BCUT2D eigenvalue weighted by molar-refractivity contribution is 1.15. The minimum Gasteiger partial charge on any atom is -0.192 e. The molecule has 0 aliphatic carbocycles. The van der Waals surface area contributed by atoms with Crippen LogP contribution in [0.3, 0.4) is 0 Å². The second-order valence-electron chi connectivity index (χ2n) is 3.93. The molecule has 2 aromatic carbocycles. The molecule has 1 unspecified atom stereocenters. The molecular weight excluding hydrogens is 321 g/mol. The third-order valence-electron chi connectivity index (χ3n) is 2.72. The van der Waals surface area contributed by atoms with E-state index >= 15 is 0 Å². The van der Waals surface area contributed by atoms with Crippen LogP contribution in [0, 0.1) is 11.3 Å². The van der Waals surface area contributed by atoms with E-state index in [0.717, 1.165) is 5.56 Å². The number of benzene rings is 2. The summed E-state index contributed by atoms with van der Waals surface area (Å²) in [5, 5.41) is 8.75. The van der Waals surface area contributed by atoms with Crippen molar-refractivity contribution in [3.63, 3.8) is 0 Å². The standard InChI is InChI=1S/C15H12IN/c1-11(16)13-6-8-15(9-7-13)14-4-2-12(10-17)3-5-14/h2-9,11H,1H3. The Morgan fingerprint density at radius 2 is 1.41 bits per heavy atom. The molecule has 84 valence electrons. The summed E-state index contributed by atoms with van der Waals surface area (Å²) >= 11 is 2.41. The van der Waals surface area contributed by atoms with E-state index in [0.29, 0.717) is 9.49 Å². The average Bonchev–Trinajstić information content (AvgIpc) is 2.39. The van der Waals surface area contributed by atoms with Crippen LogP contribution in [0.5, 0.6) is 0 Å². The van der Waals surface area contributed by atoms with Crippen molar-refractivity contribution in [1.29, 1.82) is 5.26 Å². The summed E-state index contributed by atoms with van der Waals surface area (Å²) in [5.41, 5.74) is 4.38. The highest BCUT2D eigenvalue weighted by molar-refractivity contribution is 14.1. The SMILES string of the molecule is CC(I)c1ccc(-c2ccc(C#N)cc2)cc1. The molecule has 0 bridgehead atoms. The fourth-order valence-corrected chi connectivity index (χ4v) is 2.09. The van der Waals surface area contributed by atoms with Crippen molar-refractivity contribution in [2.75, 3.05) is 0 Å². The molecule has 2 aromatic rings.